The largest absolute Gasteiger partial charge is 0.477 e. The summed E-state index contributed by atoms with van der Waals surface area (Å²) in [5.74, 6) is -1.17. The molecule has 1 N–H and O–H groups in total. The molecule has 1 aliphatic heterocycles. The van der Waals surface area contributed by atoms with Crippen molar-refractivity contribution in [3.8, 4) is 0 Å². The molecule has 1 aromatic rings. The van der Waals surface area contributed by atoms with Gasteiger partial charge < -0.3 is 5.11 Å². The Morgan fingerprint density at radius 2 is 2.06 bits per heavy atom. The van der Waals surface area contributed by atoms with E-state index in [4.69, 9.17) is 16.7 Å². The Morgan fingerprint density at radius 1 is 1.44 bits per heavy atom. The Hall–Kier alpha value is -1.20. The Morgan fingerprint density at radius 3 is 2.56 bits per heavy atom. The minimum absolute atomic E-state index is 0.0192. The van der Waals surface area contributed by atoms with Crippen LogP contribution in [0.4, 0.5) is 4.48 Å². The molecule has 0 saturated carbocycles. The number of thioether (sulfide) groups is 1. The average molecular weight is 288 g/mol. The first kappa shape index (κ1) is 13.2. The molecule has 1 atom stereocenters. The molecule has 18 heavy (non-hydrogen) atoms. The summed E-state index contributed by atoms with van der Waals surface area (Å²) in [6.45, 7) is 3.21. The average Bonchev–Trinajstić information content (AvgIpc) is 2.55. The Labute approximate surface area is 113 Å². The zero-order valence-corrected chi connectivity index (χ0v) is 11.3. The SMILES string of the molecule is CC1=C(C(=O)O)SC(Cl)(c2ccccc2C)N1F. The highest BCUT2D eigenvalue weighted by molar-refractivity contribution is 8.06. The topological polar surface area (TPSA) is 40.5 Å². The molecule has 6 heteroatoms. The van der Waals surface area contributed by atoms with Crippen molar-refractivity contribution in [3.05, 3.63) is 46.0 Å². The van der Waals surface area contributed by atoms with Gasteiger partial charge in [0.05, 0.1) is 5.70 Å². The molecule has 1 aliphatic rings. The molecule has 0 radical (unpaired) electrons. The molecular formula is C12H11ClFNO2S. The van der Waals surface area contributed by atoms with E-state index in [1.807, 2.05) is 19.1 Å². The quantitative estimate of drug-likeness (QED) is 0.513. The summed E-state index contributed by atoms with van der Waals surface area (Å²) in [7, 11) is 0. The third-order valence-corrected chi connectivity index (χ3v) is 4.69. The smallest absolute Gasteiger partial charge is 0.344 e. The second-order valence-corrected chi connectivity index (χ2v) is 5.95. The van der Waals surface area contributed by atoms with E-state index in [0.29, 0.717) is 10.7 Å². The van der Waals surface area contributed by atoms with Crippen molar-refractivity contribution < 1.29 is 14.4 Å². The lowest BCUT2D eigenvalue weighted by atomic mass is 10.1. The van der Waals surface area contributed by atoms with E-state index >= 15 is 0 Å². The first-order valence-electron chi connectivity index (χ1n) is 5.22. The van der Waals surface area contributed by atoms with Gasteiger partial charge in [0.25, 0.3) is 0 Å². The van der Waals surface area contributed by atoms with Gasteiger partial charge in [0.1, 0.15) is 4.91 Å². The molecule has 1 heterocycles. The summed E-state index contributed by atoms with van der Waals surface area (Å²) < 4.78 is 12.7. The van der Waals surface area contributed by atoms with Crippen molar-refractivity contribution in [2.75, 3.05) is 0 Å². The van der Waals surface area contributed by atoms with Crippen LogP contribution in [0.15, 0.2) is 34.9 Å². The van der Waals surface area contributed by atoms with Crippen LogP contribution in [0.25, 0.3) is 0 Å². The number of alkyl halides is 1. The summed E-state index contributed by atoms with van der Waals surface area (Å²) in [5, 5.41) is 9.33. The van der Waals surface area contributed by atoms with Crippen molar-refractivity contribution in [3.63, 3.8) is 0 Å². The molecule has 0 aliphatic carbocycles. The second-order valence-electron chi connectivity index (χ2n) is 3.98. The molecule has 0 fully saturated rings. The minimum atomic E-state index is -1.54. The number of nitrogens with zero attached hydrogens (tertiary/aromatic N) is 1. The number of halogens is 2. The maximum Gasteiger partial charge on any atom is 0.344 e. The van der Waals surface area contributed by atoms with Gasteiger partial charge >= 0.3 is 5.97 Å². The molecule has 2 rings (SSSR count). The van der Waals surface area contributed by atoms with E-state index in [1.54, 1.807) is 12.1 Å². The number of hydrogen-bond acceptors (Lipinski definition) is 3. The van der Waals surface area contributed by atoms with E-state index in [2.05, 4.69) is 0 Å². The van der Waals surface area contributed by atoms with Gasteiger partial charge in [-0.25, -0.2) is 4.79 Å². The van der Waals surface area contributed by atoms with Gasteiger partial charge in [-0.15, -0.1) is 0 Å². The Kier molecular flexibility index (Phi) is 3.29. The summed E-state index contributed by atoms with van der Waals surface area (Å²) in [6, 6.07) is 7.07. The number of rotatable bonds is 2. The van der Waals surface area contributed by atoms with Crippen LogP contribution >= 0.6 is 23.4 Å². The number of hydrogen-bond donors (Lipinski definition) is 1. The summed E-state index contributed by atoms with van der Waals surface area (Å²) >= 11 is 7.10. The summed E-state index contributed by atoms with van der Waals surface area (Å²) in [6.07, 6.45) is 0. The molecule has 0 aromatic heterocycles. The highest BCUT2D eigenvalue weighted by Crippen LogP contribution is 2.56. The van der Waals surface area contributed by atoms with Crippen LogP contribution in [0.5, 0.6) is 0 Å². The molecule has 0 amide bonds. The van der Waals surface area contributed by atoms with Crippen LogP contribution in [-0.4, -0.2) is 16.2 Å². The minimum Gasteiger partial charge on any atom is -0.477 e. The monoisotopic (exact) mass is 287 g/mol. The number of carboxylic acid groups (broad SMARTS) is 1. The van der Waals surface area contributed by atoms with Gasteiger partial charge in [0, 0.05) is 5.56 Å². The fraction of sp³-hybridized carbons (Fsp3) is 0.250. The van der Waals surface area contributed by atoms with Crippen LogP contribution in [0.1, 0.15) is 18.1 Å². The van der Waals surface area contributed by atoms with Crippen LogP contribution < -0.4 is 0 Å². The van der Waals surface area contributed by atoms with Crippen LogP contribution in [-0.2, 0) is 9.12 Å². The molecule has 0 spiro atoms. The van der Waals surface area contributed by atoms with Gasteiger partial charge in [-0.1, -0.05) is 52.1 Å². The highest BCUT2D eigenvalue weighted by atomic mass is 35.5. The zero-order chi connectivity index (χ0) is 13.5. The number of allylic oxidation sites excluding steroid dienone is 1. The number of aryl methyl sites for hydroxylation is 1. The van der Waals surface area contributed by atoms with Crippen molar-refractivity contribution in [2.45, 2.75) is 18.2 Å². The van der Waals surface area contributed by atoms with E-state index in [1.165, 1.54) is 6.92 Å². The Bertz CT molecular complexity index is 549. The van der Waals surface area contributed by atoms with Crippen molar-refractivity contribution in [1.29, 1.82) is 0 Å². The maximum atomic E-state index is 14.2. The highest BCUT2D eigenvalue weighted by Gasteiger charge is 2.48. The van der Waals surface area contributed by atoms with Crippen molar-refractivity contribution in [1.82, 2.24) is 5.12 Å². The van der Waals surface area contributed by atoms with Gasteiger partial charge in [-0.3, -0.25) is 0 Å². The van der Waals surface area contributed by atoms with E-state index in [-0.39, 0.29) is 10.6 Å². The summed E-state index contributed by atoms with van der Waals surface area (Å²) in [5.41, 5.74) is 1.38. The fourth-order valence-corrected chi connectivity index (χ4v) is 3.54. The molecule has 1 unspecified atom stereocenters. The molecule has 96 valence electrons. The second kappa shape index (κ2) is 4.48. The van der Waals surface area contributed by atoms with Crippen molar-refractivity contribution >= 4 is 29.3 Å². The first-order chi connectivity index (χ1) is 8.38. The van der Waals surface area contributed by atoms with E-state index < -0.39 is 10.3 Å². The number of aliphatic carboxylic acids is 1. The number of carbonyl (C=O) groups is 1. The Balaban J connectivity index is 2.48. The molecule has 1 aromatic carbocycles. The van der Waals surface area contributed by atoms with Crippen LogP contribution in [0.2, 0.25) is 0 Å². The molecule has 3 nitrogen and oxygen atoms in total. The molecular weight excluding hydrogens is 277 g/mol. The third kappa shape index (κ3) is 1.87. The predicted molar refractivity (Wildman–Crippen MR) is 69.6 cm³/mol. The molecule has 0 saturated heterocycles. The van der Waals surface area contributed by atoms with E-state index in [9.17, 15) is 9.28 Å². The lowest BCUT2D eigenvalue weighted by Gasteiger charge is -2.28. The maximum absolute atomic E-state index is 14.2. The summed E-state index contributed by atoms with van der Waals surface area (Å²) in [4.78, 5) is 11.0. The van der Waals surface area contributed by atoms with Crippen LogP contribution in [0, 0.1) is 6.92 Å². The van der Waals surface area contributed by atoms with Gasteiger partial charge in [-0.2, -0.15) is 5.12 Å². The predicted octanol–water partition coefficient (Wildman–Crippen LogP) is 3.59. The number of benzene rings is 1. The fourth-order valence-electron chi connectivity index (χ4n) is 1.83. The van der Waals surface area contributed by atoms with Gasteiger partial charge in [-0.05, 0) is 19.4 Å². The van der Waals surface area contributed by atoms with Crippen molar-refractivity contribution in [2.24, 2.45) is 0 Å². The third-order valence-electron chi connectivity index (χ3n) is 2.78. The van der Waals surface area contributed by atoms with Gasteiger partial charge in [0.15, 0.2) is 0 Å². The molecule has 0 bridgehead atoms. The zero-order valence-electron chi connectivity index (χ0n) is 9.78. The number of carboxylic acids is 1. The normalized spacial score (nSPS) is 23.7. The lowest BCUT2D eigenvalue weighted by molar-refractivity contribution is -0.132. The first-order valence-corrected chi connectivity index (χ1v) is 6.41. The van der Waals surface area contributed by atoms with E-state index in [0.717, 1.165) is 17.3 Å². The van der Waals surface area contributed by atoms with Gasteiger partial charge in [0.2, 0.25) is 4.33 Å². The lowest BCUT2D eigenvalue weighted by Crippen LogP contribution is -2.28. The standard InChI is InChI=1S/C12H11ClFNO2S/c1-7-5-3-4-6-9(7)12(13)15(14)8(2)10(18-12)11(16)17/h3-6H,1-2H3,(H,16,17). The van der Waals surface area contributed by atoms with Crippen LogP contribution in [0.3, 0.4) is 0 Å².